The van der Waals surface area contributed by atoms with Gasteiger partial charge in [0.1, 0.15) is 16.3 Å². The van der Waals surface area contributed by atoms with E-state index in [9.17, 15) is 41.4 Å². The molecule has 0 aliphatic rings. The fourth-order valence-electron chi connectivity index (χ4n) is 3.55. The lowest BCUT2D eigenvalue weighted by molar-refractivity contribution is -0.140. The maximum absolute atomic E-state index is 14.2. The summed E-state index contributed by atoms with van der Waals surface area (Å²) in [6.45, 7) is 0. The molecular weight excluding hydrogens is 591 g/mol. The van der Waals surface area contributed by atoms with E-state index < -0.39 is 49.0 Å². The number of thiophene rings is 1. The molecule has 0 saturated heterocycles. The summed E-state index contributed by atoms with van der Waals surface area (Å²) in [7, 11) is -1.18. The number of thiazole rings is 1. The Kier molecular flexibility index (Phi) is 7.57. The van der Waals surface area contributed by atoms with Crippen LogP contribution in [0, 0.1) is 5.82 Å². The molecule has 4 aromatic rings. The normalized spacial score (nSPS) is 14.1. The second-order valence-corrected chi connectivity index (χ2v) is 11.1. The maximum atomic E-state index is 14.2. The van der Waals surface area contributed by atoms with Gasteiger partial charge in [0, 0.05) is 32.1 Å². The van der Waals surface area contributed by atoms with E-state index in [1.807, 2.05) is 0 Å². The Hall–Kier alpha value is -3.37. The smallest absolute Gasteiger partial charge is 0.308 e. The van der Waals surface area contributed by atoms with Crippen LogP contribution in [0.2, 0.25) is 0 Å². The van der Waals surface area contributed by atoms with Gasteiger partial charge in [0.25, 0.3) is 11.5 Å². The first-order valence-corrected chi connectivity index (χ1v) is 13.8. The molecule has 1 N–H and O–H groups in total. The number of aromatic nitrogens is 3. The molecule has 208 valence electrons. The largest absolute Gasteiger partial charge is 0.546 e. The number of phosphoric ester groups is 1. The predicted octanol–water partition coefficient (Wildman–Crippen LogP) is 2.83. The van der Waals surface area contributed by atoms with Crippen molar-refractivity contribution in [3.05, 3.63) is 71.5 Å². The highest BCUT2D eigenvalue weighted by molar-refractivity contribution is 7.47. The van der Waals surface area contributed by atoms with Gasteiger partial charge in [0.05, 0.1) is 17.4 Å². The highest BCUT2D eigenvalue weighted by Gasteiger charge is 2.34. The van der Waals surface area contributed by atoms with E-state index >= 15 is 0 Å². The van der Waals surface area contributed by atoms with Crippen molar-refractivity contribution in [2.45, 2.75) is 12.6 Å². The first-order chi connectivity index (χ1) is 18.1. The van der Waals surface area contributed by atoms with E-state index in [-0.39, 0.29) is 27.0 Å². The number of amides is 1. The van der Waals surface area contributed by atoms with E-state index in [1.165, 1.54) is 29.4 Å². The zero-order valence-electron chi connectivity index (χ0n) is 20.1. The van der Waals surface area contributed by atoms with Gasteiger partial charge in [-0.25, -0.2) is 13.8 Å². The molecule has 0 spiro atoms. The summed E-state index contributed by atoms with van der Waals surface area (Å²) in [5.41, 5.74) is -2.79. The summed E-state index contributed by atoms with van der Waals surface area (Å²) in [4.78, 5) is 51.4. The number of hydrogen-bond donors (Lipinski definition) is 1. The molecule has 0 aliphatic heterocycles. The van der Waals surface area contributed by atoms with Gasteiger partial charge >= 0.3 is 19.7 Å². The SMILES string of the molecule is COP(=O)(O)On1c(-c2ccc(C(F)(F)F)c(F)c2)csc1=NC(=O)Cc1csc2c1c(=O)n(C)c(=O)n2C. The molecule has 4 rings (SSSR count). The van der Waals surface area contributed by atoms with Crippen LogP contribution in [0.15, 0.2) is 43.5 Å². The number of rotatable bonds is 6. The maximum Gasteiger partial charge on any atom is 0.546 e. The Bertz CT molecular complexity index is 1850. The van der Waals surface area contributed by atoms with Crippen molar-refractivity contribution in [3.63, 3.8) is 0 Å². The molecule has 1 amide bonds. The standard InChI is InChI=1S/C21H17F4N4O7PS2/c1-27-17(31)16-11(8-38-18(16)28(2)20(27)32)7-15(30)26-19-29(36-37(33,34)35-3)14(9-39-19)10-4-5-12(13(22)6-10)21(23,24)25/h4-6,8-9H,7H2,1-3H3,(H,33,34). The molecule has 11 nitrogen and oxygen atoms in total. The number of fused-ring (bicyclic) bond motifs is 1. The molecule has 1 aromatic carbocycles. The average molecular weight is 608 g/mol. The second kappa shape index (κ2) is 10.3. The minimum Gasteiger partial charge on any atom is -0.308 e. The molecule has 1 atom stereocenters. The number of carbonyl (C=O) groups excluding carboxylic acids is 1. The van der Waals surface area contributed by atoms with Crippen LogP contribution in [0.4, 0.5) is 17.6 Å². The Labute approximate surface area is 223 Å². The number of benzene rings is 1. The number of nitrogens with zero attached hydrogens (tertiary/aromatic N) is 4. The van der Waals surface area contributed by atoms with Gasteiger partial charge in [0.15, 0.2) is 0 Å². The zero-order chi connectivity index (χ0) is 28.9. The highest BCUT2D eigenvalue weighted by atomic mass is 32.1. The van der Waals surface area contributed by atoms with Crippen LogP contribution in [-0.2, 0) is 40.6 Å². The second-order valence-electron chi connectivity index (χ2n) is 7.95. The quantitative estimate of drug-likeness (QED) is 0.263. The number of carbonyl (C=O) groups is 1. The summed E-state index contributed by atoms with van der Waals surface area (Å²) in [5, 5.41) is 2.87. The molecule has 0 aliphatic carbocycles. The number of hydrogen-bond acceptors (Lipinski definition) is 8. The lowest BCUT2D eigenvalue weighted by Gasteiger charge is -2.14. The van der Waals surface area contributed by atoms with Crippen LogP contribution in [0.25, 0.3) is 21.5 Å². The Morgan fingerprint density at radius 1 is 1.15 bits per heavy atom. The lowest BCUT2D eigenvalue weighted by Crippen LogP contribution is -2.36. The third kappa shape index (κ3) is 5.53. The molecule has 18 heteroatoms. The zero-order valence-corrected chi connectivity index (χ0v) is 22.6. The summed E-state index contributed by atoms with van der Waals surface area (Å²) in [5.74, 6) is -2.44. The van der Waals surface area contributed by atoms with Gasteiger partial charge in [-0.05, 0) is 23.1 Å². The Morgan fingerprint density at radius 2 is 1.85 bits per heavy atom. The third-order valence-electron chi connectivity index (χ3n) is 5.46. The van der Waals surface area contributed by atoms with Crippen molar-refractivity contribution >= 4 is 46.6 Å². The molecule has 0 bridgehead atoms. The third-order valence-corrected chi connectivity index (χ3v) is 8.20. The van der Waals surface area contributed by atoms with Crippen molar-refractivity contribution in [1.82, 2.24) is 13.9 Å². The van der Waals surface area contributed by atoms with Gasteiger partial charge < -0.3 is 4.62 Å². The molecule has 0 radical (unpaired) electrons. The number of phosphoric acid groups is 1. The predicted molar refractivity (Wildman–Crippen MR) is 133 cm³/mol. The molecule has 3 heterocycles. The van der Waals surface area contributed by atoms with Crippen molar-refractivity contribution < 1.29 is 41.0 Å². The summed E-state index contributed by atoms with van der Waals surface area (Å²) >= 11 is 1.77. The lowest BCUT2D eigenvalue weighted by atomic mass is 10.1. The summed E-state index contributed by atoms with van der Waals surface area (Å²) < 4.78 is 77.3. The van der Waals surface area contributed by atoms with Crippen LogP contribution in [0.1, 0.15) is 11.1 Å². The summed E-state index contributed by atoms with van der Waals surface area (Å²) in [6, 6.07) is 1.94. The number of aryl methyl sites for hydroxylation is 1. The first kappa shape index (κ1) is 28.6. The van der Waals surface area contributed by atoms with E-state index in [0.717, 1.165) is 29.1 Å². The van der Waals surface area contributed by atoms with E-state index in [4.69, 9.17) is 4.62 Å². The fraction of sp³-hybridized carbons (Fsp3) is 0.238. The van der Waals surface area contributed by atoms with E-state index in [1.54, 1.807) is 0 Å². The number of halogens is 4. The van der Waals surface area contributed by atoms with Crippen molar-refractivity contribution in [2.75, 3.05) is 7.11 Å². The Balaban J connectivity index is 1.79. The fourth-order valence-corrected chi connectivity index (χ4v) is 5.90. The average Bonchev–Trinajstić information content (AvgIpc) is 3.44. The minimum atomic E-state index is -4.95. The minimum absolute atomic E-state index is 0.142. The van der Waals surface area contributed by atoms with Gasteiger partial charge in [-0.1, -0.05) is 6.07 Å². The van der Waals surface area contributed by atoms with Crippen molar-refractivity contribution in [3.8, 4) is 11.3 Å². The van der Waals surface area contributed by atoms with Crippen molar-refractivity contribution in [2.24, 2.45) is 19.1 Å². The Morgan fingerprint density at radius 3 is 2.46 bits per heavy atom. The molecule has 0 saturated carbocycles. The van der Waals surface area contributed by atoms with Crippen LogP contribution in [0.5, 0.6) is 0 Å². The van der Waals surface area contributed by atoms with Crippen molar-refractivity contribution in [1.29, 1.82) is 0 Å². The summed E-state index contributed by atoms with van der Waals surface area (Å²) in [6.07, 6.45) is -5.36. The molecule has 0 fully saturated rings. The van der Waals surface area contributed by atoms with E-state index in [2.05, 4.69) is 9.52 Å². The molecule has 3 aromatic heterocycles. The van der Waals surface area contributed by atoms with Gasteiger partial charge in [0.2, 0.25) is 4.80 Å². The first-order valence-electron chi connectivity index (χ1n) is 10.5. The number of alkyl halides is 3. The van der Waals surface area contributed by atoms with E-state index in [0.29, 0.717) is 33.0 Å². The van der Waals surface area contributed by atoms with Crippen LogP contribution in [0.3, 0.4) is 0 Å². The highest BCUT2D eigenvalue weighted by Crippen LogP contribution is 2.39. The van der Waals surface area contributed by atoms with Gasteiger partial charge in [-0.15, -0.1) is 27.4 Å². The van der Waals surface area contributed by atoms with Crippen LogP contribution < -0.4 is 20.7 Å². The molecule has 1 unspecified atom stereocenters. The molecule has 39 heavy (non-hydrogen) atoms. The topological polar surface area (TPSA) is 134 Å². The monoisotopic (exact) mass is 608 g/mol. The van der Waals surface area contributed by atoms with Crippen LogP contribution >= 0.6 is 30.5 Å². The van der Waals surface area contributed by atoms with Gasteiger partial charge in [-0.2, -0.15) is 18.2 Å². The van der Waals surface area contributed by atoms with Gasteiger partial charge in [-0.3, -0.25) is 28.1 Å². The van der Waals surface area contributed by atoms with Crippen LogP contribution in [-0.4, -0.2) is 31.8 Å². The molecular formula is C21H17F4N4O7PS2.